The minimum absolute atomic E-state index is 0.274. The lowest BCUT2D eigenvalue weighted by molar-refractivity contribution is 0.261. The highest BCUT2D eigenvalue weighted by Gasteiger charge is 2.13. The number of nitrogens with one attached hydrogen (secondary N) is 2. The van der Waals surface area contributed by atoms with Crippen LogP contribution >= 0.6 is 11.6 Å². The smallest absolute Gasteiger partial charge is 0.326 e. The van der Waals surface area contributed by atoms with Crippen molar-refractivity contribution in [1.82, 2.24) is 5.16 Å². The second-order valence-corrected chi connectivity index (χ2v) is 4.96. The third-order valence-electron chi connectivity index (χ3n) is 2.98. The predicted octanol–water partition coefficient (Wildman–Crippen LogP) is 4.64. The van der Waals surface area contributed by atoms with Crippen molar-refractivity contribution < 1.29 is 9.32 Å². The Morgan fingerprint density at radius 2 is 1.73 bits per heavy atom. The maximum atomic E-state index is 12.0. The molecule has 0 saturated heterocycles. The topological polar surface area (TPSA) is 67.2 Å². The van der Waals surface area contributed by atoms with Crippen LogP contribution in [0, 0.1) is 0 Å². The number of nitrogens with zero attached hydrogens (tertiary/aromatic N) is 1. The Morgan fingerprint density at radius 3 is 2.45 bits per heavy atom. The van der Waals surface area contributed by atoms with E-state index in [1.165, 1.54) is 0 Å². The minimum atomic E-state index is -0.404. The van der Waals surface area contributed by atoms with Crippen LogP contribution in [-0.2, 0) is 0 Å². The molecule has 2 N–H and O–H groups in total. The van der Waals surface area contributed by atoms with Crippen molar-refractivity contribution in [2.24, 2.45) is 0 Å². The van der Waals surface area contributed by atoms with Gasteiger partial charge in [-0.2, -0.15) is 0 Å². The number of carbonyl (C=O) groups excluding carboxylic acids is 1. The molecule has 1 aromatic heterocycles. The van der Waals surface area contributed by atoms with Gasteiger partial charge in [-0.05, 0) is 29.8 Å². The van der Waals surface area contributed by atoms with Crippen LogP contribution in [0.1, 0.15) is 0 Å². The molecule has 0 aliphatic heterocycles. The summed E-state index contributed by atoms with van der Waals surface area (Å²) in [6, 6.07) is 15.9. The first-order chi connectivity index (χ1) is 10.7. The fraction of sp³-hybridized carbons (Fsp3) is 0. The van der Waals surface area contributed by atoms with Crippen molar-refractivity contribution >= 4 is 29.2 Å². The first-order valence-corrected chi connectivity index (χ1v) is 6.94. The van der Waals surface area contributed by atoms with E-state index in [0.29, 0.717) is 16.3 Å². The van der Waals surface area contributed by atoms with Crippen LogP contribution in [0.4, 0.5) is 16.4 Å². The maximum absolute atomic E-state index is 12.0. The standard InChI is InChI=1S/C16H12ClN3O2/c17-12-8-6-11(7-9-12)14-10-18-22-15(14)20-16(21)19-13-4-2-1-3-5-13/h1-10H,(H2,19,20,21). The Balaban J connectivity index is 1.75. The summed E-state index contributed by atoms with van der Waals surface area (Å²) in [5.74, 6) is 0.274. The molecule has 0 aliphatic carbocycles. The Kier molecular flexibility index (Phi) is 4.07. The zero-order chi connectivity index (χ0) is 15.4. The molecule has 0 spiro atoms. The number of rotatable bonds is 3. The van der Waals surface area contributed by atoms with E-state index in [1.54, 1.807) is 30.5 Å². The predicted molar refractivity (Wildman–Crippen MR) is 86.0 cm³/mol. The van der Waals surface area contributed by atoms with Crippen molar-refractivity contribution in [2.45, 2.75) is 0 Å². The molecular weight excluding hydrogens is 302 g/mol. The second-order valence-electron chi connectivity index (χ2n) is 4.52. The van der Waals surface area contributed by atoms with E-state index in [2.05, 4.69) is 15.8 Å². The molecule has 0 radical (unpaired) electrons. The number of para-hydroxylation sites is 1. The van der Waals surface area contributed by atoms with E-state index >= 15 is 0 Å². The number of hydrogen-bond acceptors (Lipinski definition) is 3. The normalized spacial score (nSPS) is 10.2. The molecule has 0 unspecified atom stereocenters. The zero-order valence-corrected chi connectivity index (χ0v) is 12.2. The summed E-state index contributed by atoms with van der Waals surface area (Å²) in [7, 11) is 0. The van der Waals surface area contributed by atoms with Crippen molar-refractivity contribution in [3.05, 3.63) is 65.8 Å². The van der Waals surface area contributed by atoms with Gasteiger partial charge in [-0.1, -0.05) is 47.1 Å². The molecule has 3 aromatic rings. The van der Waals surface area contributed by atoms with Crippen LogP contribution < -0.4 is 10.6 Å². The third kappa shape index (κ3) is 3.27. The van der Waals surface area contributed by atoms with Gasteiger partial charge in [0.05, 0.1) is 11.8 Å². The summed E-state index contributed by atoms with van der Waals surface area (Å²) in [5.41, 5.74) is 2.22. The average molecular weight is 314 g/mol. The summed E-state index contributed by atoms with van der Waals surface area (Å²) >= 11 is 5.87. The van der Waals surface area contributed by atoms with Crippen LogP contribution in [0.15, 0.2) is 65.3 Å². The fourth-order valence-electron chi connectivity index (χ4n) is 1.95. The highest BCUT2D eigenvalue weighted by atomic mass is 35.5. The number of urea groups is 1. The zero-order valence-electron chi connectivity index (χ0n) is 11.4. The van der Waals surface area contributed by atoms with Crippen LogP contribution in [-0.4, -0.2) is 11.2 Å². The number of anilines is 2. The molecular formula is C16H12ClN3O2. The third-order valence-corrected chi connectivity index (χ3v) is 3.24. The van der Waals surface area contributed by atoms with Gasteiger partial charge in [0.2, 0.25) is 5.88 Å². The highest BCUT2D eigenvalue weighted by Crippen LogP contribution is 2.28. The van der Waals surface area contributed by atoms with Crippen molar-refractivity contribution in [2.75, 3.05) is 10.6 Å². The van der Waals surface area contributed by atoms with Crippen molar-refractivity contribution in [1.29, 1.82) is 0 Å². The summed E-state index contributed by atoms with van der Waals surface area (Å²) in [6.45, 7) is 0. The largest absolute Gasteiger partial charge is 0.338 e. The Morgan fingerprint density at radius 1 is 1.00 bits per heavy atom. The first kappa shape index (κ1) is 14.2. The molecule has 2 amide bonds. The van der Waals surface area contributed by atoms with Crippen LogP contribution in [0.3, 0.4) is 0 Å². The van der Waals surface area contributed by atoms with Gasteiger partial charge in [0.25, 0.3) is 0 Å². The Hall–Kier alpha value is -2.79. The average Bonchev–Trinajstić information content (AvgIpc) is 2.97. The van der Waals surface area contributed by atoms with Gasteiger partial charge in [0.1, 0.15) is 0 Å². The van der Waals surface area contributed by atoms with E-state index in [0.717, 1.165) is 5.56 Å². The molecule has 22 heavy (non-hydrogen) atoms. The molecule has 0 fully saturated rings. The lowest BCUT2D eigenvalue weighted by atomic mass is 10.1. The summed E-state index contributed by atoms with van der Waals surface area (Å²) in [4.78, 5) is 12.0. The quantitative estimate of drug-likeness (QED) is 0.740. The number of benzene rings is 2. The summed E-state index contributed by atoms with van der Waals surface area (Å²) in [6.07, 6.45) is 1.54. The number of hydrogen-bond donors (Lipinski definition) is 2. The molecule has 0 atom stereocenters. The SMILES string of the molecule is O=C(Nc1ccccc1)Nc1oncc1-c1ccc(Cl)cc1. The summed E-state index contributed by atoms with van der Waals surface area (Å²) in [5, 5.41) is 9.72. The number of aromatic nitrogens is 1. The van der Waals surface area contributed by atoms with Crippen molar-refractivity contribution in [3.63, 3.8) is 0 Å². The lowest BCUT2D eigenvalue weighted by Crippen LogP contribution is -2.19. The minimum Gasteiger partial charge on any atom is -0.338 e. The highest BCUT2D eigenvalue weighted by molar-refractivity contribution is 6.30. The lowest BCUT2D eigenvalue weighted by Gasteiger charge is -2.06. The first-order valence-electron chi connectivity index (χ1n) is 6.56. The van der Waals surface area contributed by atoms with Crippen LogP contribution in [0.2, 0.25) is 5.02 Å². The fourth-order valence-corrected chi connectivity index (χ4v) is 2.08. The molecule has 0 bridgehead atoms. The monoisotopic (exact) mass is 313 g/mol. The number of amides is 2. The molecule has 2 aromatic carbocycles. The Bertz CT molecular complexity index is 770. The van der Waals surface area contributed by atoms with E-state index < -0.39 is 6.03 Å². The van der Waals surface area contributed by atoms with Gasteiger partial charge in [-0.25, -0.2) is 4.79 Å². The van der Waals surface area contributed by atoms with Crippen LogP contribution in [0.5, 0.6) is 0 Å². The van der Waals surface area contributed by atoms with Crippen molar-refractivity contribution in [3.8, 4) is 11.1 Å². The molecule has 0 saturated carbocycles. The van der Waals surface area contributed by atoms with Crippen LogP contribution in [0.25, 0.3) is 11.1 Å². The second kappa shape index (κ2) is 6.32. The molecule has 3 rings (SSSR count). The van der Waals surface area contributed by atoms with Gasteiger partial charge < -0.3 is 9.84 Å². The van der Waals surface area contributed by atoms with Gasteiger partial charge >= 0.3 is 6.03 Å². The number of carbonyl (C=O) groups is 1. The molecule has 110 valence electrons. The van der Waals surface area contributed by atoms with E-state index in [-0.39, 0.29) is 5.88 Å². The molecule has 6 heteroatoms. The van der Waals surface area contributed by atoms with Gasteiger partial charge in [-0.15, -0.1) is 0 Å². The molecule has 0 aliphatic rings. The Labute approximate surface area is 131 Å². The van der Waals surface area contributed by atoms with Gasteiger partial charge in [-0.3, -0.25) is 5.32 Å². The maximum Gasteiger partial charge on any atom is 0.326 e. The van der Waals surface area contributed by atoms with E-state index in [9.17, 15) is 4.79 Å². The molecule has 5 nitrogen and oxygen atoms in total. The number of halogens is 1. The summed E-state index contributed by atoms with van der Waals surface area (Å²) < 4.78 is 5.10. The van der Waals surface area contributed by atoms with Gasteiger partial charge in [0, 0.05) is 10.7 Å². The van der Waals surface area contributed by atoms with E-state index in [4.69, 9.17) is 16.1 Å². The van der Waals surface area contributed by atoms with Gasteiger partial charge in [0.15, 0.2) is 0 Å². The molecule has 1 heterocycles. The van der Waals surface area contributed by atoms with E-state index in [1.807, 2.05) is 30.3 Å².